The summed E-state index contributed by atoms with van der Waals surface area (Å²) < 4.78 is 5.89. The van der Waals surface area contributed by atoms with Crippen LogP contribution in [0.2, 0.25) is 0 Å². The van der Waals surface area contributed by atoms with Gasteiger partial charge in [-0.05, 0) is 64.3 Å². The van der Waals surface area contributed by atoms with Crippen LogP contribution in [0.15, 0.2) is 79.4 Å². The predicted molar refractivity (Wildman–Crippen MR) is 110 cm³/mol. The molecule has 0 bridgehead atoms. The molecule has 1 saturated carbocycles. The Morgan fingerprint density at radius 2 is 1.62 bits per heavy atom. The number of para-hydroxylation sites is 1. The third kappa shape index (κ3) is 3.06. The molecular weight excluding hydrogens is 316 g/mol. The Morgan fingerprint density at radius 1 is 0.962 bits per heavy atom. The molecule has 0 aromatic heterocycles. The first-order chi connectivity index (χ1) is 12.6. The molecule has 0 spiro atoms. The van der Waals surface area contributed by atoms with Gasteiger partial charge in [0.05, 0.1) is 0 Å². The maximum Gasteiger partial charge on any atom is 0.127 e. The molecule has 0 heterocycles. The maximum absolute atomic E-state index is 5.89. The molecule has 1 aliphatic rings. The quantitative estimate of drug-likeness (QED) is 0.482. The van der Waals surface area contributed by atoms with Crippen molar-refractivity contribution >= 4 is 6.08 Å². The van der Waals surface area contributed by atoms with Crippen LogP contribution in [-0.4, -0.2) is 0 Å². The van der Waals surface area contributed by atoms with E-state index < -0.39 is 0 Å². The zero-order valence-corrected chi connectivity index (χ0v) is 15.4. The van der Waals surface area contributed by atoms with E-state index in [9.17, 15) is 0 Å². The fraction of sp³-hybridized carbons (Fsp3) is 0.200. The van der Waals surface area contributed by atoms with Gasteiger partial charge in [-0.2, -0.15) is 0 Å². The highest BCUT2D eigenvalue weighted by Gasteiger charge is 2.47. The molecule has 1 aliphatic carbocycles. The SMILES string of the molecule is C=Cc1cc(C2(C)CC2C)ccc1-c1ccc(Oc2ccccc2)cc1. The van der Waals surface area contributed by atoms with Crippen LogP contribution in [0.3, 0.4) is 0 Å². The van der Waals surface area contributed by atoms with Crippen LogP contribution < -0.4 is 4.74 Å². The van der Waals surface area contributed by atoms with Gasteiger partial charge in [-0.15, -0.1) is 0 Å². The lowest BCUT2D eigenvalue weighted by Crippen LogP contribution is -2.03. The summed E-state index contributed by atoms with van der Waals surface area (Å²) in [6, 6.07) is 24.9. The zero-order chi connectivity index (χ0) is 18.1. The molecule has 0 aliphatic heterocycles. The Bertz CT molecular complexity index is 924. The third-order valence-electron chi connectivity index (χ3n) is 5.73. The molecule has 2 unspecified atom stereocenters. The van der Waals surface area contributed by atoms with Gasteiger partial charge < -0.3 is 4.74 Å². The maximum atomic E-state index is 5.89. The van der Waals surface area contributed by atoms with Gasteiger partial charge in [-0.1, -0.05) is 75.0 Å². The smallest absolute Gasteiger partial charge is 0.127 e. The summed E-state index contributed by atoms with van der Waals surface area (Å²) in [5, 5.41) is 0. The van der Waals surface area contributed by atoms with Gasteiger partial charge in [0.2, 0.25) is 0 Å². The number of rotatable bonds is 5. The van der Waals surface area contributed by atoms with E-state index in [1.54, 1.807) is 0 Å². The van der Waals surface area contributed by atoms with Crippen molar-refractivity contribution in [1.82, 2.24) is 0 Å². The fourth-order valence-electron chi connectivity index (χ4n) is 3.66. The number of ether oxygens (including phenoxy) is 1. The number of hydrogen-bond donors (Lipinski definition) is 0. The molecule has 0 N–H and O–H groups in total. The van der Waals surface area contributed by atoms with E-state index in [4.69, 9.17) is 4.74 Å². The van der Waals surface area contributed by atoms with E-state index in [-0.39, 0.29) is 0 Å². The first kappa shape index (κ1) is 16.7. The summed E-state index contributed by atoms with van der Waals surface area (Å²) >= 11 is 0. The van der Waals surface area contributed by atoms with Crippen molar-refractivity contribution in [1.29, 1.82) is 0 Å². The van der Waals surface area contributed by atoms with Crippen LogP contribution in [-0.2, 0) is 5.41 Å². The minimum absolute atomic E-state index is 0.337. The van der Waals surface area contributed by atoms with E-state index in [1.807, 2.05) is 48.5 Å². The largest absolute Gasteiger partial charge is 0.457 e. The molecule has 1 fully saturated rings. The van der Waals surface area contributed by atoms with Crippen molar-refractivity contribution < 1.29 is 4.74 Å². The van der Waals surface area contributed by atoms with Crippen molar-refractivity contribution in [2.45, 2.75) is 25.7 Å². The van der Waals surface area contributed by atoms with Gasteiger partial charge in [-0.25, -0.2) is 0 Å². The molecule has 2 atom stereocenters. The average molecular weight is 340 g/mol. The first-order valence-electron chi connectivity index (χ1n) is 9.20. The van der Waals surface area contributed by atoms with Crippen LogP contribution in [0.4, 0.5) is 0 Å². The highest BCUT2D eigenvalue weighted by atomic mass is 16.5. The van der Waals surface area contributed by atoms with Crippen LogP contribution in [0.5, 0.6) is 11.5 Å². The Kier molecular flexibility index (Phi) is 4.16. The molecule has 3 aromatic rings. The Morgan fingerprint density at radius 3 is 2.23 bits per heavy atom. The number of hydrogen-bond acceptors (Lipinski definition) is 1. The summed E-state index contributed by atoms with van der Waals surface area (Å²) in [6.07, 6.45) is 3.23. The summed E-state index contributed by atoms with van der Waals surface area (Å²) in [6.45, 7) is 8.71. The minimum Gasteiger partial charge on any atom is -0.457 e. The van der Waals surface area contributed by atoms with Gasteiger partial charge in [-0.3, -0.25) is 0 Å². The Balaban J connectivity index is 1.60. The second-order valence-electron chi connectivity index (χ2n) is 7.47. The first-order valence-corrected chi connectivity index (χ1v) is 9.20. The van der Waals surface area contributed by atoms with Crippen LogP contribution >= 0.6 is 0 Å². The summed E-state index contributed by atoms with van der Waals surface area (Å²) in [7, 11) is 0. The molecule has 4 rings (SSSR count). The van der Waals surface area contributed by atoms with Gasteiger partial charge in [0, 0.05) is 0 Å². The van der Waals surface area contributed by atoms with E-state index in [0.29, 0.717) is 5.41 Å². The zero-order valence-electron chi connectivity index (χ0n) is 15.4. The highest BCUT2D eigenvalue weighted by Crippen LogP contribution is 2.54. The van der Waals surface area contributed by atoms with Crippen molar-refractivity contribution in [3.05, 3.63) is 90.5 Å². The molecule has 3 aromatic carbocycles. The fourth-order valence-corrected chi connectivity index (χ4v) is 3.66. The van der Waals surface area contributed by atoms with E-state index in [2.05, 4.69) is 50.8 Å². The van der Waals surface area contributed by atoms with Crippen molar-refractivity contribution in [2.24, 2.45) is 5.92 Å². The molecule has 0 saturated heterocycles. The monoisotopic (exact) mass is 340 g/mol. The highest BCUT2D eigenvalue weighted by molar-refractivity contribution is 5.76. The topological polar surface area (TPSA) is 9.23 Å². The van der Waals surface area contributed by atoms with Crippen molar-refractivity contribution in [3.63, 3.8) is 0 Å². The van der Waals surface area contributed by atoms with Crippen molar-refractivity contribution in [3.8, 4) is 22.6 Å². The predicted octanol–water partition coefficient (Wildman–Crippen LogP) is 7.09. The van der Waals surface area contributed by atoms with Gasteiger partial charge in [0.1, 0.15) is 11.5 Å². The van der Waals surface area contributed by atoms with Gasteiger partial charge in [0.15, 0.2) is 0 Å². The van der Waals surface area contributed by atoms with E-state index >= 15 is 0 Å². The van der Waals surface area contributed by atoms with E-state index in [0.717, 1.165) is 17.4 Å². The average Bonchev–Trinajstić information content (AvgIpc) is 3.30. The molecule has 26 heavy (non-hydrogen) atoms. The summed E-state index contributed by atoms with van der Waals surface area (Å²) in [5.41, 5.74) is 5.35. The van der Waals surface area contributed by atoms with Crippen LogP contribution in [0.25, 0.3) is 17.2 Å². The minimum atomic E-state index is 0.337. The van der Waals surface area contributed by atoms with Gasteiger partial charge in [0.25, 0.3) is 0 Å². The number of benzene rings is 3. The Labute approximate surface area is 156 Å². The molecule has 0 amide bonds. The standard InChI is InChI=1S/C25H24O/c1-4-19-16-21(25(3)17-18(25)2)12-15-24(19)20-10-13-23(14-11-20)26-22-8-6-5-7-9-22/h4-16,18H,1,17H2,2-3H3. The third-order valence-corrected chi connectivity index (χ3v) is 5.73. The van der Waals surface area contributed by atoms with E-state index in [1.165, 1.54) is 28.7 Å². The molecule has 130 valence electrons. The van der Waals surface area contributed by atoms with Crippen LogP contribution in [0, 0.1) is 5.92 Å². The lowest BCUT2D eigenvalue weighted by Gasteiger charge is -2.15. The molecular formula is C25H24O. The second kappa shape index (κ2) is 6.49. The normalized spacial score (nSPS) is 21.2. The second-order valence-corrected chi connectivity index (χ2v) is 7.47. The molecule has 1 nitrogen and oxygen atoms in total. The molecule has 1 heteroatoms. The summed E-state index contributed by atoms with van der Waals surface area (Å²) in [5.74, 6) is 2.46. The lowest BCUT2D eigenvalue weighted by atomic mass is 9.90. The van der Waals surface area contributed by atoms with Crippen LogP contribution in [0.1, 0.15) is 31.4 Å². The van der Waals surface area contributed by atoms with Crippen molar-refractivity contribution in [2.75, 3.05) is 0 Å². The Hall–Kier alpha value is -2.80. The summed E-state index contributed by atoms with van der Waals surface area (Å²) in [4.78, 5) is 0. The van der Waals surface area contributed by atoms with Gasteiger partial charge >= 0.3 is 0 Å². The molecule has 0 radical (unpaired) electrons. The lowest BCUT2D eigenvalue weighted by molar-refractivity contribution is 0.483.